The van der Waals surface area contributed by atoms with Crippen molar-refractivity contribution in [3.8, 4) is 0 Å². The van der Waals surface area contributed by atoms with Gasteiger partial charge in [-0.05, 0) is 38.0 Å². The van der Waals surface area contributed by atoms with E-state index < -0.39 is 37.3 Å². The molecule has 4 aliphatic rings. The SMILES string of the molecule is O=C(NC12CC(C1)C2)O[C@@H]1CC[C@H](c2cc(Nc3ncc(Cl)c4nc(COC(F)(F)F)cn34)n[nH]2)[C@H]1F. The summed E-state index contributed by atoms with van der Waals surface area (Å²) in [5.74, 6) is 0.629. The summed E-state index contributed by atoms with van der Waals surface area (Å²) in [6, 6.07) is 1.61. The quantitative estimate of drug-likeness (QED) is 0.368. The van der Waals surface area contributed by atoms with Crippen molar-refractivity contribution in [2.24, 2.45) is 5.92 Å². The van der Waals surface area contributed by atoms with Crippen LogP contribution in [0.5, 0.6) is 0 Å². The maximum atomic E-state index is 15.2. The lowest BCUT2D eigenvalue weighted by Crippen LogP contribution is -2.68. The van der Waals surface area contributed by atoms with E-state index in [0.717, 1.165) is 19.3 Å². The number of hydrogen-bond acceptors (Lipinski definition) is 7. The molecule has 7 rings (SSSR count). The zero-order valence-electron chi connectivity index (χ0n) is 19.2. The highest BCUT2D eigenvalue weighted by Crippen LogP contribution is 2.57. The summed E-state index contributed by atoms with van der Waals surface area (Å²) in [6.07, 6.45) is -1.28. The van der Waals surface area contributed by atoms with E-state index in [2.05, 4.69) is 35.5 Å². The molecule has 3 aromatic rings. The first-order chi connectivity index (χ1) is 17.6. The summed E-state index contributed by atoms with van der Waals surface area (Å²) in [4.78, 5) is 20.5. The lowest BCUT2D eigenvalue weighted by molar-refractivity contribution is -0.330. The van der Waals surface area contributed by atoms with Crippen molar-refractivity contribution in [2.75, 3.05) is 5.32 Å². The number of nitrogens with zero attached hydrogens (tertiary/aromatic N) is 4. The maximum absolute atomic E-state index is 15.2. The third kappa shape index (κ3) is 4.67. The van der Waals surface area contributed by atoms with E-state index in [1.54, 1.807) is 6.07 Å². The van der Waals surface area contributed by atoms with Crippen molar-refractivity contribution >= 4 is 35.1 Å². The number of nitrogens with one attached hydrogen (secondary N) is 3. The molecule has 0 radical (unpaired) electrons. The number of alkyl halides is 4. The van der Waals surface area contributed by atoms with Gasteiger partial charge < -0.3 is 15.4 Å². The Morgan fingerprint density at radius 2 is 2.08 bits per heavy atom. The van der Waals surface area contributed by atoms with Gasteiger partial charge in [0.15, 0.2) is 11.5 Å². The molecular formula is C22H22ClF4N7O3. The van der Waals surface area contributed by atoms with Crippen molar-refractivity contribution < 1.29 is 31.8 Å². The highest BCUT2D eigenvalue weighted by atomic mass is 35.5. The fourth-order valence-corrected chi connectivity index (χ4v) is 5.59. The number of carbonyl (C=O) groups excluding carboxylic acids is 1. The van der Waals surface area contributed by atoms with Gasteiger partial charge in [0.1, 0.15) is 17.3 Å². The molecule has 4 aliphatic carbocycles. The Hall–Kier alpha value is -3.13. The van der Waals surface area contributed by atoms with Gasteiger partial charge in [0.05, 0.1) is 18.5 Å². The first kappa shape index (κ1) is 24.2. The van der Waals surface area contributed by atoms with Gasteiger partial charge in [0, 0.05) is 29.4 Å². The van der Waals surface area contributed by atoms with Crippen molar-refractivity contribution in [1.82, 2.24) is 29.9 Å². The van der Waals surface area contributed by atoms with Gasteiger partial charge in [-0.1, -0.05) is 11.6 Å². The number of aromatic nitrogens is 5. The van der Waals surface area contributed by atoms with Gasteiger partial charge in [-0.15, -0.1) is 13.2 Å². The van der Waals surface area contributed by atoms with Gasteiger partial charge in [0.2, 0.25) is 5.95 Å². The molecule has 3 aromatic heterocycles. The lowest BCUT2D eigenvalue weighted by Gasteiger charge is -2.61. The topological polar surface area (TPSA) is 118 Å². The molecule has 37 heavy (non-hydrogen) atoms. The Morgan fingerprint density at radius 1 is 1.30 bits per heavy atom. The van der Waals surface area contributed by atoms with Crippen LogP contribution in [-0.2, 0) is 16.1 Å². The largest absolute Gasteiger partial charge is 0.522 e. The van der Waals surface area contributed by atoms with E-state index in [4.69, 9.17) is 16.3 Å². The van der Waals surface area contributed by atoms with Crippen LogP contribution in [0.1, 0.15) is 49.4 Å². The van der Waals surface area contributed by atoms with Crippen molar-refractivity contribution in [3.63, 3.8) is 0 Å². The van der Waals surface area contributed by atoms with Crippen molar-refractivity contribution in [1.29, 1.82) is 0 Å². The molecule has 1 amide bonds. The first-order valence-corrected chi connectivity index (χ1v) is 12.1. The summed E-state index contributed by atoms with van der Waals surface area (Å²) in [7, 11) is 0. The van der Waals surface area contributed by atoms with Gasteiger partial charge in [-0.3, -0.25) is 14.2 Å². The van der Waals surface area contributed by atoms with Crippen LogP contribution in [0.4, 0.5) is 34.1 Å². The molecule has 0 saturated heterocycles. The molecule has 3 N–H and O–H groups in total. The first-order valence-electron chi connectivity index (χ1n) is 11.8. The van der Waals surface area contributed by atoms with Gasteiger partial charge in [0.25, 0.3) is 0 Å². The molecule has 0 spiro atoms. The summed E-state index contributed by atoms with van der Waals surface area (Å²) < 4.78 is 63.0. The number of fused-ring (bicyclic) bond motifs is 1. The smallest absolute Gasteiger partial charge is 0.443 e. The number of carbonyl (C=O) groups is 1. The number of hydrogen-bond donors (Lipinski definition) is 3. The number of imidazole rings is 1. The minimum absolute atomic E-state index is 0.00617. The zero-order valence-corrected chi connectivity index (χ0v) is 19.9. The Bertz CT molecular complexity index is 1330. The Kier molecular flexibility index (Phi) is 5.71. The molecule has 0 unspecified atom stereocenters. The molecule has 15 heteroatoms. The number of amides is 1. The maximum Gasteiger partial charge on any atom is 0.522 e. The van der Waals surface area contributed by atoms with E-state index in [1.807, 2.05) is 0 Å². The number of aromatic amines is 1. The van der Waals surface area contributed by atoms with Crippen LogP contribution >= 0.6 is 11.6 Å². The molecule has 198 valence electrons. The van der Waals surface area contributed by atoms with Crippen molar-refractivity contribution in [2.45, 2.75) is 68.8 Å². The summed E-state index contributed by atoms with van der Waals surface area (Å²) in [6.45, 7) is -0.796. The van der Waals surface area contributed by atoms with Crippen molar-refractivity contribution in [3.05, 3.63) is 34.9 Å². The molecule has 0 aromatic carbocycles. The Morgan fingerprint density at radius 3 is 2.78 bits per heavy atom. The fraction of sp³-hybridized carbons (Fsp3) is 0.545. The van der Waals surface area contributed by atoms with E-state index in [-0.39, 0.29) is 27.9 Å². The van der Waals surface area contributed by atoms with E-state index in [0.29, 0.717) is 30.3 Å². The second kappa shape index (κ2) is 8.72. The van der Waals surface area contributed by atoms with Crippen LogP contribution in [0.25, 0.3) is 5.65 Å². The second-order valence-electron chi connectivity index (χ2n) is 9.88. The van der Waals surface area contributed by atoms with E-state index in [9.17, 15) is 18.0 Å². The molecular weight excluding hydrogens is 522 g/mol. The highest BCUT2D eigenvalue weighted by Gasteiger charge is 2.58. The molecule has 10 nitrogen and oxygen atoms in total. The molecule has 4 fully saturated rings. The van der Waals surface area contributed by atoms with Gasteiger partial charge in [-0.25, -0.2) is 19.2 Å². The third-order valence-corrected chi connectivity index (χ3v) is 7.55. The van der Waals surface area contributed by atoms with Crippen LogP contribution in [-0.4, -0.2) is 54.8 Å². The monoisotopic (exact) mass is 543 g/mol. The number of H-pyrrole nitrogens is 1. The number of rotatable bonds is 7. The predicted molar refractivity (Wildman–Crippen MR) is 121 cm³/mol. The van der Waals surface area contributed by atoms with Crippen LogP contribution in [0, 0.1) is 5.92 Å². The summed E-state index contributed by atoms with van der Waals surface area (Å²) in [5, 5.41) is 12.9. The number of alkyl carbamates (subject to hydrolysis) is 1. The zero-order chi connectivity index (χ0) is 25.9. The Labute approximate surface area is 212 Å². The van der Waals surface area contributed by atoms with E-state index >= 15 is 4.39 Å². The average Bonchev–Trinajstić information content (AvgIpc) is 3.50. The molecule has 3 heterocycles. The van der Waals surface area contributed by atoms with Crippen LogP contribution in [0.15, 0.2) is 18.5 Å². The standard InChI is InChI=1S/C22H22ClF4N7O3/c23-13-7-28-19(34-8-11(29-18(13)34)9-36-22(25,26)27)30-16-3-14(32-33-16)12-1-2-15(17(12)24)37-20(35)31-21-4-10(5-21)6-21/h3,7-8,10,12,15,17H,1-2,4-6,9H2,(H,31,35)(H2,28,30,32,33)/t10?,12-,15-,17-,21?/m1/s1. The third-order valence-electron chi connectivity index (χ3n) is 7.28. The molecule has 3 atom stereocenters. The molecule has 2 bridgehead atoms. The van der Waals surface area contributed by atoms with Crippen LogP contribution in [0.2, 0.25) is 5.02 Å². The lowest BCUT2D eigenvalue weighted by atomic mass is 9.50. The minimum Gasteiger partial charge on any atom is -0.443 e. The molecule has 4 saturated carbocycles. The second-order valence-corrected chi connectivity index (χ2v) is 10.3. The number of anilines is 2. The Balaban J connectivity index is 1.11. The number of ether oxygens (including phenoxy) is 2. The summed E-state index contributed by atoms with van der Waals surface area (Å²) in [5.41, 5.74) is 0.537. The van der Waals surface area contributed by atoms with E-state index in [1.165, 1.54) is 16.8 Å². The average molecular weight is 544 g/mol. The minimum atomic E-state index is -4.80. The summed E-state index contributed by atoms with van der Waals surface area (Å²) >= 11 is 6.10. The van der Waals surface area contributed by atoms with Crippen LogP contribution in [0.3, 0.4) is 0 Å². The number of halogens is 5. The van der Waals surface area contributed by atoms with Crippen LogP contribution < -0.4 is 10.6 Å². The normalized spacial score (nSPS) is 28.6. The van der Waals surface area contributed by atoms with Gasteiger partial charge in [-0.2, -0.15) is 5.10 Å². The highest BCUT2D eigenvalue weighted by molar-refractivity contribution is 6.33. The predicted octanol–water partition coefficient (Wildman–Crippen LogP) is 4.75. The fourth-order valence-electron chi connectivity index (χ4n) is 5.41. The van der Waals surface area contributed by atoms with Gasteiger partial charge >= 0.3 is 12.5 Å². The molecule has 0 aliphatic heterocycles.